The van der Waals surface area contributed by atoms with Crippen LogP contribution < -0.4 is 10.1 Å². The highest BCUT2D eigenvalue weighted by atomic mass is 32.1. The number of carbonyl (C=O) groups is 1. The van der Waals surface area contributed by atoms with E-state index >= 15 is 0 Å². The molecule has 3 aromatic carbocycles. The number of thiazole rings is 1. The largest absolute Gasteiger partial charge is 0.484 e. The highest BCUT2D eigenvalue weighted by molar-refractivity contribution is 7.21. The summed E-state index contributed by atoms with van der Waals surface area (Å²) in [7, 11) is 0. The van der Waals surface area contributed by atoms with E-state index in [0.717, 1.165) is 32.9 Å². The Morgan fingerprint density at radius 2 is 1.86 bits per heavy atom. The summed E-state index contributed by atoms with van der Waals surface area (Å²) in [6, 6.07) is 23.5. The number of anilines is 1. The molecule has 1 N–H and O–H groups in total. The molecule has 0 bridgehead atoms. The van der Waals surface area contributed by atoms with Crippen LogP contribution in [0.25, 0.3) is 20.8 Å². The zero-order valence-electron chi connectivity index (χ0n) is 15.5. The van der Waals surface area contributed by atoms with Crippen molar-refractivity contribution < 1.29 is 9.53 Å². The fourth-order valence-corrected chi connectivity index (χ4v) is 3.96. The van der Waals surface area contributed by atoms with Crippen LogP contribution in [-0.4, -0.2) is 17.5 Å². The van der Waals surface area contributed by atoms with Gasteiger partial charge < -0.3 is 10.1 Å². The van der Waals surface area contributed by atoms with Gasteiger partial charge in [0, 0.05) is 5.56 Å². The molecule has 0 saturated carbocycles. The molecular formula is C23H20N2O2S. The molecule has 0 fully saturated rings. The third-order valence-corrected chi connectivity index (χ3v) is 5.47. The minimum absolute atomic E-state index is 0.0403. The number of rotatable bonds is 6. The first kappa shape index (κ1) is 18.2. The van der Waals surface area contributed by atoms with Crippen LogP contribution in [0.2, 0.25) is 0 Å². The normalized spacial score (nSPS) is 10.8. The summed E-state index contributed by atoms with van der Waals surface area (Å²) in [5.41, 5.74) is 3.78. The van der Waals surface area contributed by atoms with Crippen LogP contribution in [0.5, 0.6) is 5.75 Å². The number of fused-ring (bicyclic) bond motifs is 1. The Bertz CT molecular complexity index is 1090. The van der Waals surface area contributed by atoms with E-state index in [9.17, 15) is 4.79 Å². The number of hydrogen-bond acceptors (Lipinski definition) is 4. The molecule has 1 heterocycles. The molecule has 1 amide bonds. The number of ether oxygens (including phenoxy) is 1. The van der Waals surface area contributed by atoms with E-state index in [1.165, 1.54) is 5.56 Å². The lowest BCUT2D eigenvalue weighted by Crippen LogP contribution is -2.20. The Labute approximate surface area is 167 Å². The average Bonchev–Trinajstić information content (AvgIpc) is 3.17. The van der Waals surface area contributed by atoms with E-state index in [1.54, 1.807) is 11.3 Å². The number of benzene rings is 3. The molecule has 0 unspecified atom stereocenters. The van der Waals surface area contributed by atoms with E-state index in [0.29, 0.717) is 5.75 Å². The maximum absolute atomic E-state index is 12.4. The second-order valence-electron chi connectivity index (χ2n) is 6.37. The van der Waals surface area contributed by atoms with Crippen molar-refractivity contribution in [2.24, 2.45) is 0 Å². The molecule has 1 aromatic heterocycles. The van der Waals surface area contributed by atoms with Gasteiger partial charge >= 0.3 is 0 Å². The van der Waals surface area contributed by atoms with E-state index < -0.39 is 0 Å². The van der Waals surface area contributed by atoms with E-state index in [-0.39, 0.29) is 12.5 Å². The van der Waals surface area contributed by atoms with Gasteiger partial charge in [0.15, 0.2) is 6.61 Å². The van der Waals surface area contributed by atoms with Crippen LogP contribution in [0.3, 0.4) is 0 Å². The number of aromatic nitrogens is 1. The lowest BCUT2D eigenvalue weighted by Gasteiger charge is -2.11. The van der Waals surface area contributed by atoms with Crippen molar-refractivity contribution in [3.05, 3.63) is 78.4 Å². The van der Waals surface area contributed by atoms with Gasteiger partial charge in [0.05, 0.1) is 15.9 Å². The Kier molecular flexibility index (Phi) is 5.35. The third-order valence-electron chi connectivity index (χ3n) is 4.40. The lowest BCUT2D eigenvalue weighted by molar-refractivity contribution is -0.118. The third kappa shape index (κ3) is 4.05. The predicted octanol–water partition coefficient (Wildman–Crippen LogP) is 5.54. The standard InChI is InChI=1S/C23H20N2O2S/c1-2-16-8-7-9-17(14-16)27-15-22(26)24-19-11-4-3-10-18(19)23-25-20-12-5-6-13-21(20)28-23/h3-14H,2,15H2,1H3,(H,24,26). The molecule has 28 heavy (non-hydrogen) atoms. The molecule has 0 aliphatic carbocycles. The molecule has 0 saturated heterocycles. The number of hydrogen-bond donors (Lipinski definition) is 1. The Morgan fingerprint density at radius 3 is 2.71 bits per heavy atom. The van der Waals surface area contributed by atoms with Gasteiger partial charge in [0.2, 0.25) is 0 Å². The van der Waals surface area contributed by atoms with Crippen molar-refractivity contribution in [2.75, 3.05) is 11.9 Å². The van der Waals surface area contributed by atoms with Crippen molar-refractivity contribution >= 4 is 33.1 Å². The van der Waals surface area contributed by atoms with Gasteiger partial charge in [-0.05, 0) is 48.4 Å². The zero-order chi connectivity index (χ0) is 19.3. The molecule has 140 valence electrons. The second kappa shape index (κ2) is 8.23. The van der Waals surface area contributed by atoms with Gasteiger partial charge in [-0.25, -0.2) is 4.98 Å². The number of nitrogens with one attached hydrogen (secondary N) is 1. The van der Waals surface area contributed by atoms with Crippen LogP contribution >= 0.6 is 11.3 Å². The summed E-state index contributed by atoms with van der Waals surface area (Å²) in [4.78, 5) is 17.1. The SMILES string of the molecule is CCc1cccc(OCC(=O)Nc2ccccc2-c2nc3ccccc3s2)c1. The molecule has 0 radical (unpaired) electrons. The smallest absolute Gasteiger partial charge is 0.262 e. The van der Waals surface area contributed by atoms with Gasteiger partial charge in [-0.3, -0.25) is 4.79 Å². The number of amides is 1. The van der Waals surface area contributed by atoms with E-state index in [4.69, 9.17) is 9.72 Å². The monoisotopic (exact) mass is 388 g/mol. The van der Waals surface area contributed by atoms with Crippen LogP contribution in [0, 0.1) is 0 Å². The summed E-state index contributed by atoms with van der Waals surface area (Å²) in [5, 5.41) is 3.84. The highest BCUT2D eigenvalue weighted by Crippen LogP contribution is 2.34. The highest BCUT2D eigenvalue weighted by Gasteiger charge is 2.12. The Hall–Kier alpha value is -3.18. The molecule has 5 heteroatoms. The zero-order valence-corrected chi connectivity index (χ0v) is 16.3. The molecular weight excluding hydrogens is 368 g/mol. The van der Waals surface area contributed by atoms with Gasteiger partial charge in [0.1, 0.15) is 10.8 Å². The second-order valence-corrected chi connectivity index (χ2v) is 7.40. The number of aryl methyl sites for hydroxylation is 1. The predicted molar refractivity (Wildman–Crippen MR) is 115 cm³/mol. The number of nitrogens with zero attached hydrogens (tertiary/aromatic N) is 1. The van der Waals surface area contributed by atoms with Crippen molar-refractivity contribution in [1.82, 2.24) is 4.98 Å². The fraction of sp³-hybridized carbons (Fsp3) is 0.130. The molecule has 0 atom stereocenters. The summed E-state index contributed by atoms with van der Waals surface area (Å²) in [6.07, 6.45) is 0.930. The Balaban J connectivity index is 1.49. The van der Waals surface area contributed by atoms with Crippen LogP contribution in [0.15, 0.2) is 72.8 Å². The average molecular weight is 388 g/mol. The Morgan fingerprint density at radius 1 is 1.04 bits per heavy atom. The summed E-state index contributed by atoms with van der Waals surface area (Å²) < 4.78 is 6.77. The first-order chi connectivity index (χ1) is 13.7. The van der Waals surface area contributed by atoms with Gasteiger partial charge in [-0.2, -0.15) is 0 Å². The van der Waals surface area contributed by atoms with Crippen molar-refractivity contribution in [2.45, 2.75) is 13.3 Å². The fourth-order valence-electron chi connectivity index (χ4n) is 2.96. The van der Waals surface area contributed by atoms with E-state index in [2.05, 4.69) is 18.3 Å². The van der Waals surface area contributed by atoms with E-state index in [1.807, 2.05) is 66.7 Å². The molecule has 4 aromatic rings. The van der Waals surface area contributed by atoms with Gasteiger partial charge in [0.25, 0.3) is 5.91 Å². The molecule has 0 spiro atoms. The molecule has 4 nitrogen and oxygen atoms in total. The van der Waals surface area contributed by atoms with Crippen molar-refractivity contribution in [3.63, 3.8) is 0 Å². The number of carbonyl (C=O) groups excluding carboxylic acids is 1. The van der Waals surface area contributed by atoms with Crippen LogP contribution in [0.1, 0.15) is 12.5 Å². The van der Waals surface area contributed by atoms with Crippen LogP contribution in [0.4, 0.5) is 5.69 Å². The first-order valence-corrected chi connectivity index (χ1v) is 10.0. The van der Waals surface area contributed by atoms with Crippen molar-refractivity contribution in [1.29, 1.82) is 0 Å². The minimum Gasteiger partial charge on any atom is -0.484 e. The number of para-hydroxylation sites is 2. The summed E-state index contributed by atoms with van der Waals surface area (Å²) >= 11 is 1.61. The van der Waals surface area contributed by atoms with Gasteiger partial charge in [-0.1, -0.05) is 43.3 Å². The molecule has 0 aliphatic heterocycles. The van der Waals surface area contributed by atoms with Gasteiger partial charge in [-0.15, -0.1) is 11.3 Å². The molecule has 0 aliphatic rings. The quantitative estimate of drug-likeness (QED) is 0.472. The first-order valence-electron chi connectivity index (χ1n) is 9.19. The lowest BCUT2D eigenvalue weighted by atomic mass is 10.2. The molecule has 4 rings (SSSR count). The maximum Gasteiger partial charge on any atom is 0.262 e. The minimum atomic E-state index is -0.199. The van der Waals surface area contributed by atoms with Crippen molar-refractivity contribution in [3.8, 4) is 16.3 Å². The topological polar surface area (TPSA) is 51.2 Å². The summed E-state index contributed by atoms with van der Waals surface area (Å²) in [5.74, 6) is 0.504. The summed E-state index contributed by atoms with van der Waals surface area (Å²) in [6.45, 7) is 2.05. The maximum atomic E-state index is 12.4. The van der Waals surface area contributed by atoms with Crippen LogP contribution in [-0.2, 0) is 11.2 Å².